The first-order valence-electron chi connectivity index (χ1n) is 10.7. The van der Waals surface area contributed by atoms with Gasteiger partial charge in [-0.15, -0.1) is 0 Å². The van der Waals surface area contributed by atoms with Gasteiger partial charge >= 0.3 is 19.5 Å². The summed E-state index contributed by atoms with van der Waals surface area (Å²) in [4.78, 5) is 0. The van der Waals surface area contributed by atoms with Crippen molar-refractivity contribution in [2.24, 2.45) is 0 Å². The van der Waals surface area contributed by atoms with Crippen LogP contribution in [0.4, 0.5) is 0 Å². The molecule has 0 atom stereocenters. The van der Waals surface area contributed by atoms with E-state index in [1.54, 1.807) is 0 Å². The molecule has 0 nitrogen and oxygen atoms in total. The summed E-state index contributed by atoms with van der Waals surface area (Å²) in [6.07, 6.45) is 0. The zero-order valence-corrected chi connectivity index (χ0v) is 22.5. The maximum Gasteiger partial charge on any atom is 3.00 e. The number of hydrogen-bond donors (Lipinski definition) is 0. The van der Waals surface area contributed by atoms with Crippen molar-refractivity contribution in [3.8, 4) is 0 Å². The van der Waals surface area contributed by atoms with Crippen molar-refractivity contribution in [3.05, 3.63) is 108 Å². The van der Waals surface area contributed by atoms with Crippen LogP contribution in [-0.2, 0) is 35.7 Å². The fraction of sp³-hybridized carbons (Fsp3) is 0.400. The van der Waals surface area contributed by atoms with Crippen LogP contribution < -0.4 is 0 Å². The van der Waals surface area contributed by atoms with Gasteiger partial charge in [0.15, 0.2) is 0 Å². The maximum atomic E-state index is 3.00. The molecule has 167 valence electrons. The molecule has 0 heterocycles. The quantitative estimate of drug-likeness (QED) is 0.215. The molecule has 0 aliphatic carbocycles. The minimum atomic E-state index is 0. The van der Waals surface area contributed by atoms with E-state index in [1.165, 1.54) is 16.7 Å². The Labute approximate surface area is 205 Å². The largest absolute Gasteiger partial charge is 3.00 e. The Bertz CT molecular complexity index is 697. The van der Waals surface area contributed by atoms with Gasteiger partial charge in [0.2, 0.25) is 0 Å². The van der Waals surface area contributed by atoms with E-state index in [1.807, 2.05) is 36.4 Å². The van der Waals surface area contributed by atoms with E-state index in [2.05, 4.69) is 117 Å². The van der Waals surface area contributed by atoms with Crippen LogP contribution in [0.25, 0.3) is 0 Å². The van der Waals surface area contributed by atoms with Crippen LogP contribution in [0.3, 0.4) is 0 Å². The zero-order chi connectivity index (χ0) is 22.8. The first-order chi connectivity index (χ1) is 13.8. The summed E-state index contributed by atoms with van der Waals surface area (Å²) in [5, 5.41) is 0. The SMILES string of the molecule is CC(C)(C)c1cc[c-]cc1.CC(C)(C)c1cc[c-]cc1.CC(C)(C)c1cc[c-]cc1.[Ru+3]. The summed E-state index contributed by atoms with van der Waals surface area (Å²) in [7, 11) is 0. The standard InChI is InChI=1S/3C10H13.Ru/c3*1-10(2,3)9-7-5-4-6-8-9;/h3*5-8H,1-3H3;/q3*-1;+3. The smallest absolute Gasteiger partial charge is 0.184 e. The molecule has 31 heavy (non-hydrogen) atoms. The van der Waals surface area contributed by atoms with Crippen LogP contribution >= 0.6 is 0 Å². The molecule has 0 aromatic heterocycles. The Morgan fingerprint density at radius 2 is 0.548 bits per heavy atom. The first kappa shape index (κ1) is 29.3. The monoisotopic (exact) mass is 501 g/mol. The summed E-state index contributed by atoms with van der Waals surface area (Å²) in [6.45, 7) is 19.9. The number of benzene rings is 3. The van der Waals surface area contributed by atoms with Gasteiger partial charge in [-0.05, 0) is 16.2 Å². The van der Waals surface area contributed by atoms with E-state index < -0.39 is 0 Å². The average molecular weight is 501 g/mol. The zero-order valence-electron chi connectivity index (χ0n) is 20.8. The summed E-state index contributed by atoms with van der Waals surface area (Å²) in [5.41, 5.74) is 4.92. The van der Waals surface area contributed by atoms with Crippen molar-refractivity contribution in [2.45, 2.75) is 78.6 Å². The Morgan fingerprint density at radius 1 is 0.387 bits per heavy atom. The van der Waals surface area contributed by atoms with Crippen LogP contribution in [0.2, 0.25) is 0 Å². The first-order valence-corrected chi connectivity index (χ1v) is 10.7. The Hall–Kier alpha value is -1.72. The average Bonchev–Trinajstić information content (AvgIpc) is 2.69. The van der Waals surface area contributed by atoms with Gasteiger partial charge in [-0.3, -0.25) is 0 Å². The molecule has 1 heteroatoms. The van der Waals surface area contributed by atoms with Crippen LogP contribution in [0.5, 0.6) is 0 Å². The molecule has 3 rings (SSSR count). The molecule has 0 N–H and O–H groups in total. The van der Waals surface area contributed by atoms with Crippen molar-refractivity contribution in [2.75, 3.05) is 0 Å². The van der Waals surface area contributed by atoms with E-state index in [4.69, 9.17) is 0 Å². The normalized spacial score (nSPS) is 11.1. The summed E-state index contributed by atoms with van der Waals surface area (Å²) in [5.74, 6) is 0. The molecular weight excluding hydrogens is 461 g/mol. The molecule has 0 saturated heterocycles. The van der Waals surface area contributed by atoms with E-state index in [0.717, 1.165) is 0 Å². The fourth-order valence-corrected chi connectivity index (χ4v) is 2.66. The van der Waals surface area contributed by atoms with Crippen LogP contribution in [0.15, 0.2) is 72.8 Å². The second kappa shape index (κ2) is 13.0. The van der Waals surface area contributed by atoms with Crippen LogP contribution in [-0.4, -0.2) is 0 Å². The maximum absolute atomic E-state index is 3.00. The van der Waals surface area contributed by atoms with Gasteiger partial charge in [-0.1, -0.05) is 62.3 Å². The second-order valence-electron chi connectivity index (χ2n) is 10.6. The van der Waals surface area contributed by atoms with Gasteiger partial charge in [-0.25, -0.2) is 0 Å². The van der Waals surface area contributed by atoms with Crippen molar-refractivity contribution >= 4 is 0 Å². The second-order valence-corrected chi connectivity index (χ2v) is 10.6. The van der Waals surface area contributed by atoms with Crippen molar-refractivity contribution < 1.29 is 19.5 Å². The minimum absolute atomic E-state index is 0. The van der Waals surface area contributed by atoms with E-state index in [0.29, 0.717) is 0 Å². The molecule has 0 aliphatic rings. The third kappa shape index (κ3) is 12.0. The molecule has 0 amide bonds. The van der Waals surface area contributed by atoms with Crippen molar-refractivity contribution in [1.29, 1.82) is 0 Å². The van der Waals surface area contributed by atoms with Gasteiger partial charge < -0.3 is 0 Å². The van der Waals surface area contributed by atoms with Crippen LogP contribution in [0, 0.1) is 18.2 Å². The molecule has 0 bridgehead atoms. The Balaban J connectivity index is 0.000000429. The third-order valence-electron chi connectivity index (χ3n) is 4.75. The van der Waals surface area contributed by atoms with Gasteiger partial charge in [0.25, 0.3) is 0 Å². The van der Waals surface area contributed by atoms with Gasteiger partial charge in [0, 0.05) is 0 Å². The summed E-state index contributed by atoms with van der Waals surface area (Å²) in [6, 6.07) is 33.4. The molecule has 1 radical (unpaired) electrons. The molecule has 3 aromatic rings. The Kier molecular flexibility index (Phi) is 12.3. The number of rotatable bonds is 0. The molecule has 0 saturated carbocycles. The summed E-state index contributed by atoms with van der Waals surface area (Å²) >= 11 is 0. The minimum Gasteiger partial charge on any atom is -0.184 e. The Morgan fingerprint density at radius 3 is 0.645 bits per heavy atom. The van der Waals surface area contributed by atoms with E-state index in [9.17, 15) is 0 Å². The molecule has 0 aliphatic heterocycles. The third-order valence-corrected chi connectivity index (χ3v) is 4.75. The number of hydrogen-bond acceptors (Lipinski definition) is 0. The summed E-state index contributed by atoms with van der Waals surface area (Å²) < 4.78 is 0. The predicted octanol–water partition coefficient (Wildman–Crippen LogP) is 8.35. The predicted molar refractivity (Wildman–Crippen MR) is 132 cm³/mol. The van der Waals surface area contributed by atoms with Crippen molar-refractivity contribution in [3.63, 3.8) is 0 Å². The van der Waals surface area contributed by atoms with Gasteiger partial charge in [-0.2, -0.15) is 108 Å². The van der Waals surface area contributed by atoms with Gasteiger partial charge in [0.05, 0.1) is 0 Å². The van der Waals surface area contributed by atoms with Crippen LogP contribution in [0.1, 0.15) is 79.0 Å². The molecule has 0 fully saturated rings. The van der Waals surface area contributed by atoms with E-state index >= 15 is 0 Å². The van der Waals surface area contributed by atoms with E-state index in [-0.39, 0.29) is 35.7 Å². The van der Waals surface area contributed by atoms with Crippen molar-refractivity contribution in [1.82, 2.24) is 0 Å². The molecule has 3 aromatic carbocycles. The van der Waals surface area contributed by atoms with Gasteiger partial charge in [0.1, 0.15) is 0 Å². The topological polar surface area (TPSA) is 0 Å². The molecule has 0 spiro atoms. The molecule has 0 unspecified atom stereocenters. The molecular formula is C30H39Ru. The fourth-order valence-electron chi connectivity index (χ4n) is 2.66.